The van der Waals surface area contributed by atoms with Gasteiger partial charge in [-0.3, -0.25) is 9.11 Å². The van der Waals surface area contributed by atoms with Crippen LogP contribution in [0.25, 0.3) is 0 Å². The Kier molecular flexibility index (Phi) is 16.3. The molecule has 0 aliphatic heterocycles. The van der Waals surface area contributed by atoms with Crippen molar-refractivity contribution >= 4 is 53.0 Å². The van der Waals surface area contributed by atoms with E-state index in [4.69, 9.17) is 38.9 Å². The molecule has 4 rings (SSSR count). The fourth-order valence-corrected chi connectivity index (χ4v) is 5.71. The first-order valence-corrected chi connectivity index (χ1v) is 18.7. The molecule has 4 aromatic rings. The van der Waals surface area contributed by atoms with Crippen molar-refractivity contribution in [3.05, 3.63) is 115 Å². The van der Waals surface area contributed by atoms with E-state index in [1.165, 1.54) is 24.5 Å². The van der Waals surface area contributed by atoms with Crippen LogP contribution in [0.3, 0.4) is 0 Å². The molecule has 4 aromatic carbocycles. The molecule has 0 heterocycles. The molecule has 23 heteroatoms. The van der Waals surface area contributed by atoms with E-state index in [2.05, 4.69) is 115 Å². The topological polar surface area (TPSA) is 166 Å². The van der Waals surface area contributed by atoms with E-state index in [0.29, 0.717) is 0 Å². The molecule has 2 N–H and O–H groups in total. The highest BCUT2D eigenvalue weighted by atomic mass is 32.2. The van der Waals surface area contributed by atoms with E-state index in [9.17, 15) is 39.5 Å². The fraction of sp³-hybridized carbons (Fsp3) is 0.111. The summed E-state index contributed by atoms with van der Waals surface area (Å²) in [6.45, 7) is 0. The molecular formula is C27H21F9O9S5. The van der Waals surface area contributed by atoms with Crippen molar-refractivity contribution in [1.29, 1.82) is 0 Å². The number of hydrogen-bond donors (Lipinski definition) is 2. The van der Waals surface area contributed by atoms with E-state index in [-0.39, 0.29) is 10.9 Å². The second-order valence-corrected chi connectivity index (χ2v) is 15.9. The van der Waals surface area contributed by atoms with Gasteiger partial charge in [-0.1, -0.05) is 66.4 Å². The maximum atomic E-state index is 10.7. The van der Waals surface area contributed by atoms with Gasteiger partial charge in [-0.25, -0.2) is 8.42 Å². The summed E-state index contributed by atoms with van der Waals surface area (Å²) in [5.74, 6) is 0. The zero-order valence-electron chi connectivity index (χ0n) is 24.2. The number of benzene rings is 4. The van der Waals surface area contributed by atoms with Crippen LogP contribution in [0, 0.1) is 0 Å². The van der Waals surface area contributed by atoms with Gasteiger partial charge in [0.1, 0.15) is 0 Å². The molecule has 0 aliphatic carbocycles. The van der Waals surface area contributed by atoms with Crippen molar-refractivity contribution in [3.63, 3.8) is 0 Å². The van der Waals surface area contributed by atoms with Crippen LogP contribution >= 0.6 is 11.8 Å². The van der Waals surface area contributed by atoms with Crippen LogP contribution in [0.1, 0.15) is 0 Å². The largest absolute Gasteiger partial charge is 0.741 e. The molecule has 0 unspecified atom stereocenters. The minimum atomic E-state index is -6.09. The summed E-state index contributed by atoms with van der Waals surface area (Å²) in [6, 6.07) is 41.1. The van der Waals surface area contributed by atoms with Crippen molar-refractivity contribution < 1.29 is 78.4 Å². The Morgan fingerprint density at radius 2 is 0.700 bits per heavy atom. The van der Waals surface area contributed by atoms with Crippen LogP contribution in [0.2, 0.25) is 0 Å². The lowest BCUT2D eigenvalue weighted by Crippen LogP contribution is -2.21. The first kappa shape index (κ1) is 44.7. The molecule has 276 valence electrons. The Labute approximate surface area is 286 Å². The number of rotatable bonds is 5. The third kappa shape index (κ3) is 15.7. The van der Waals surface area contributed by atoms with Crippen molar-refractivity contribution in [1.82, 2.24) is 0 Å². The first-order valence-electron chi connectivity index (χ1n) is 12.4. The normalized spacial score (nSPS) is 12.3. The predicted octanol–water partition coefficient (Wildman–Crippen LogP) is 7.77. The molecule has 0 fully saturated rings. The van der Waals surface area contributed by atoms with Crippen molar-refractivity contribution in [3.8, 4) is 0 Å². The third-order valence-electron chi connectivity index (χ3n) is 4.86. The van der Waals surface area contributed by atoms with Gasteiger partial charge in [0.15, 0.2) is 24.8 Å². The van der Waals surface area contributed by atoms with Gasteiger partial charge < -0.3 is 4.55 Å². The number of hydrogen-bond acceptors (Lipinski definition) is 8. The summed E-state index contributed by atoms with van der Waals surface area (Å²) < 4.78 is 174. The van der Waals surface area contributed by atoms with E-state index < -0.39 is 46.9 Å². The highest BCUT2D eigenvalue weighted by Crippen LogP contribution is 2.34. The minimum Gasteiger partial charge on any atom is -0.741 e. The molecule has 0 atom stereocenters. The average molecular weight is 821 g/mol. The quantitative estimate of drug-likeness (QED) is 0.0879. The summed E-state index contributed by atoms with van der Waals surface area (Å²) in [5.41, 5.74) is -16.7. The summed E-state index contributed by atoms with van der Waals surface area (Å²) >= 11 is 1.80. The van der Waals surface area contributed by atoms with E-state index in [1.54, 1.807) is 11.8 Å². The Bertz CT molecular complexity index is 1800. The molecule has 0 radical (unpaired) electrons. The van der Waals surface area contributed by atoms with Gasteiger partial charge in [0.25, 0.3) is 0 Å². The minimum absolute atomic E-state index is 0.0786. The van der Waals surface area contributed by atoms with Gasteiger partial charge in [-0.2, -0.15) is 56.3 Å². The Hall–Kier alpha value is -3.32. The maximum Gasteiger partial charge on any atom is 0.522 e. The molecule has 0 spiro atoms. The molecule has 0 amide bonds. The molecular weight excluding hydrogens is 800 g/mol. The van der Waals surface area contributed by atoms with Crippen molar-refractivity contribution in [2.24, 2.45) is 0 Å². The Morgan fingerprint density at radius 3 is 0.960 bits per heavy atom. The van der Waals surface area contributed by atoms with E-state index >= 15 is 0 Å². The maximum absolute atomic E-state index is 10.7. The molecule has 0 bridgehead atoms. The summed E-state index contributed by atoms with van der Waals surface area (Å²) in [6.07, 6.45) is 0. The van der Waals surface area contributed by atoms with Gasteiger partial charge in [0, 0.05) is 9.79 Å². The van der Waals surface area contributed by atoms with Crippen LogP contribution in [-0.2, 0) is 41.2 Å². The lowest BCUT2D eigenvalue weighted by atomic mass is 10.3. The van der Waals surface area contributed by atoms with Crippen LogP contribution < -0.4 is 0 Å². The number of alkyl halides is 9. The lowest BCUT2D eigenvalue weighted by molar-refractivity contribution is -0.0520. The standard InChI is InChI=1S/C24H19S2.3CHF3O3S/c1-4-10-20(11-5-1)25-21-16-18-24(19-17-21)26(22-12-6-2-7-13-22)23-14-8-3-9-15-23;3*2-1(3,4)8(5,6)7/h1-19H;3*(H,5,6,7)/q+1;;;/p-1. The third-order valence-corrected chi connectivity index (χ3v) is 9.85. The molecule has 0 aromatic heterocycles. The van der Waals surface area contributed by atoms with Crippen LogP contribution in [0.15, 0.2) is 140 Å². The molecule has 0 saturated carbocycles. The fourth-order valence-electron chi connectivity index (χ4n) is 2.79. The Balaban J connectivity index is 0.000000427. The second kappa shape index (κ2) is 18.3. The van der Waals surface area contributed by atoms with Gasteiger partial charge in [-0.05, 0) is 60.7 Å². The van der Waals surface area contributed by atoms with Crippen LogP contribution in [0.4, 0.5) is 39.5 Å². The summed E-state index contributed by atoms with van der Waals surface area (Å²) in [7, 11) is -17.8. The van der Waals surface area contributed by atoms with Crippen molar-refractivity contribution in [2.45, 2.75) is 41.0 Å². The lowest BCUT2D eigenvalue weighted by Gasteiger charge is -2.08. The molecule has 0 aliphatic rings. The van der Waals surface area contributed by atoms with Gasteiger partial charge in [0.2, 0.25) is 0 Å². The highest BCUT2D eigenvalue weighted by molar-refractivity contribution is 7.99. The monoisotopic (exact) mass is 820 g/mol. The summed E-state index contributed by atoms with van der Waals surface area (Å²) in [5, 5.41) is 0. The smallest absolute Gasteiger partial charge is 0.522 e. The SMILES string of the molecule is O=S(=O)(O)C(F)(F)F.O=S(=O)(O)C(F)(F)F.O=S(=O)([O-])C(F)(F)F.c1ccc(Sc2ccc([S+](c3ccccc3)c3ccccc3)cc2)cc1. The van der Waals surface area contributed by atoms with Crippen molar-refractivity contribution in [2.75, 3.05) is 0 Å². The van der Waals surface area contributed by atoms with E-state index in [0.717, 1.165) is 0 Å². The zero-order chi connectivity index (χ0) is 38.6. The number of halogens is 9. The second-order valence-electron chi connectivity index (χ2n) is 8.56. The molecule has 50 heavy (non-hydrogen) atoms. The van der Waals surface area contributed by atoms with Gasteiger partial charge in [-0.15, -0.1) is 0 Å². The van der Waals surface area contributed by atoms with Gasteiger partial charge >= 0.3 is 36.8 Å². The van der Waals surface area contributed by atoms with E-state index in [1.807, 2.05) is 0 Å². The van der Waals surface area contributed by atoms with Crippen LogP contribution in [0.5, 0.6) is 0 Å². The highest BCUT2D eigenvalue weighted by Gasteiger charge is 2.45. The molecule has 0 saturated heterocycles. The molecule has 9 nitrogen and oxygen atoms in total. The van der Waals surface area contributed by atoms with Crippen LogP contribution in [-0.4, -0.2) is 55.4 Å². The Morgan fingerprint density at radius 1 is 0.460 bits per heavy atom. The average Bonchev–Trinajstić information content (AvgIpc) is 2.98. The summed E-state index contributed by atoms with van der Waals surface area (Å²) in [4.78, 5) is 6.58. The first-order chi connectivity index (χ1) is 22.6. The zero-order valence-corrected chi connectivity index (χ0v) is 28.2. The predicted molar refractivity (Wildman–Crippen MR) is 163 cm³/mol. The van der Waals surface area contributed by atoms with Gasteiger partial charge in [0.05, 0.1) is 10.9 Å².